The second-order valence-corrected chi connectivity index (χ2v) is 8.05. The van der Waals surface area contributed by atoms with Crippen LogP contribution in [0.3, 0.4) is 0 Å². The molecule has 0 amide bonds. The Morgan fingerprint density at radius 3 is 1.46 bits per heavy atom. The van der Waals surface area contributed by atoms with E-state index in [1.54, 1.807) is 22.7 Å². The molecule has 6 heteroatoms. The van der Waals surface area contributed by atoms with E-state index in [-0.39, 0.29) is 0 Å². The van der Waals surface area contributed by atoms with E-state index in [1.807, 2.05) is 83.9 Å². The maximum absolute atomic E-state index is 6.20. The molecule has 0 spiro atoms. The molecule has 0 aliphatic rings. The Kier molecular flexibility index (Phi) is 5.32. The molecule has 0 saturated heterocycles. The predicted molar refractivity (Wildman–Crippen MR) is 124 cm³/mol. The molecule has 0 radical (unpaired) electrons. The molecular weight excluding hydrogens is 384 g/mol. The van der Waals surface area contributed by atoms with Crippen LogP contribution < -0.4 is 11.5 Å². The Hall–Kier alpha value is -3.22. The molecule has 4 aromatic rings. The molecule has 0 atom stereocenters. The van der Waals surface area contributed by atoms with Gasteiger partial charge in [0.05, 0.1) is 22.7 Å². The average molecular weight is 403 g/mol. The number of rotatable bonds is 5. The van der Waals surface area contributed by atoms with E-state index in [4.69, 9.17) is 11.5 Å². The Bertz CT molecular complexity index is 1040. The third kappa shape index (κ3) is 4.19. The summed E-state index contributed by atoms with van der Waals surface area (Å²) in [6.07, 6.45) is 3.66. The minimum atomic E-state index is 0.628. The Morgan fingerprint density at radius 2 is 1.11 bits per heavy atom. The summed E-state index contributed by atoms with van der Waals surface area (Å²) < 4.78 is 0. The summed E-state index contributed by atoms with van der Waals surface area (Å²) >= 11 is 3.28. The van der Waals surface area contributed by atoms with Crippen LogP contribution in [0.4, 0.5) is 22.7 Å². The average Bonchev–Trinajstić information content (AvgIpc) is 3.40. The van der Waals surface area contributed by atoms with Gasteiger partial charge in [0.25, 0.3) is 0 Å². The molecule has 0 aliphatic carbocycles. The number of thiophene rings is 2. The maximum Gasteiger partial charge on any atom is 0.0859 e. The van der Waals surface area contributed by atoms with E-state index in [0.29, 0.717) is 11.4 Å². The zero-order chi connectivity index (χ0) is 19.3. The molecule has 4 nitrogen and oxygen atoms in total. The number of hydrogen-bond acceptors (Lipinski definition) is 6. The second kappa shape index (κ2) is 8.21. The van der Waals surface area contributed by atoms with Gasteiger partial charge >= 0.3 is 0 Å². The van der Waals surface area contributed by atoms with Crippen LogP contribution in [0.5, 0.6) is 0 Å². The highest BCUT2D eigenvalue weighted by molar-refractivity contribution is 7.12. The highest BCUT2D eigenvalue weighted by atomic mass is 32.1. The smallest absolute Gasteiger partial charge is 0.0859 e. The lowest BCUT2D eigenvalue weighted by atomic mass is 10.0. The number of hydrogen-bond donors (Lipinski definition) is 2. The first-order valence-electron chi connectivity index (χ1n) is 8.63. The van der Waals surface area contributed by atoms with Crippen molar-refractivity contribution in [3.63, 3.8) is 0 Å². The molecule has 0 fully saturated rings. The van der Waals surface area contributed by atoms with Crippen molar-refractivity contribution in [1.29, 1.82) is 0 Å². The lowest BCUT2D eigenvalue weighted by molar-refractivity contribution is 1.50. The van der Waals surface area contributed by atoms with Crippen molar-refractivity contribution in [1.82, 2.24) is 0 Å². The van der Waals surface area contributed by atoms with E-state index in [0.717, 1.165) is 32.3 Å². The van der Waals surface area contributed by atoms with Crippen LogP contribution in [0.15, 0.2) is 81.4 Å². The lowest BCUT2D eigenvalue weighted by Gasteiger charge is -2.08. The van der Waals surface area contributed by atoms with Crippen molar-refractivity contribution < 1.29 is 0 Å². The molecule has 2 aromatic heterocycles. The van der Waals surface area contributed by atoms with Gasteiger partial charge in [-0.25, -0.2) is 0 Å². The maximum atomic E-state index is 6.20. The SMILES string of the molecule is Nc1cc(-c2ccc(N=Cc3cccs3)c(N)c2)ccc1N=Cc1cccs1. The summed E-state index contributed by atoms with van der Waals surface area (Å²) in [6.45, 7) is 0. The molecular formula is C22H18N4S2. The van der Waals surface area contributed by atoms with Crippen LogP contribution in [0.2, 0.25) is 0 Å². The first kappa shape index (κ1) is 18.2. The van der Waals surface area contributed by atoms with Crippen LogP contribution in [-0.2, 0) is 0 Å². The highest BCUT2D eigenvalue weighted by Gasteiger charge is 2.05. The summed E-state index contributed by atoms with van der Waals surface area (Å²) in [5.74, 6) is 0. The Morgan fingerprint density at radius 1 is 0.643 bits per heavy atom. The normalized spacial score (nSPS) is 11.6. The standard InChI is InChI=1S/C22H18N4S2/c23-19-11-15(5-7-21(19)25-13-17-3-1-9-27-17)16-6-8-22(20(24)12-16)26-14-18-4-2-10-28-18/h1-14H,23-24H2. The summed E-state index contributed by atoms with van der Waals surface area (Å²) in [6, 6.07) is 19.7. The van der Waals surface area contributed by atoms with Gasteiger partial charge in [-0.05, 0) is 58.3 Å². The topological polar surface area (TPSA) is 76.8 Å². The fourth-order valence-corrected chi connectivity index (χ4v) is 3.87. The first-order valence-corrected chi connectivity index (χ1v) is 10.4. The third-order valence-corrected chi connectivity index (χ3v) is 5.75. The van der Waals surface area contributed by atoms with E-state index in [9.17, 15) is 0 Å². The molecule has 138 valence electrons. The monoisotopic (exact) mass is 402 g/mol. The largest absolute Gasteiger partial charge is 0.397 e. The highest BCUT2D eigenvalue weighted by Crippen LogP contribution is 2.32. The Balaban J connectivity index is 1.55. The molecule has 0 bridgehead atoms. The minimum Gasteiger partial charge on any atom is -0.397 e. The number of aliphatic imine (C=N–C) groups is 2. The first-order chi connectivity index (χ1) is 13.7. The molecule has 2 heterocycles. The minimum absolute atomic E-state index is 0.628. The Labute approximate surface area is 171 Å². The molecule has 28 heavy (non-hydrogen) atoms. The van der Waals surface area contributed by atoms with Gasteiger partial charge in [0, 0.05) is 22.2 Å². The summed E-state index contributed by atoms with van der Waals surface area (Å²) in [5.41, 5.74) is 17.2. The van der Waals surface area contributed by atoms with Crippen molar-refractivity contribution in [3.05, 3.63) is 81.2 Å². The molecule has 2 aromatic carbocycles. The number of benzene rings is 2. The van der Waals surface area contributed by atoms with Gasteiger partial charge in [-0.2, -0.15) is 0 Å². The zero-order valence-electron chi connectivity index (χ0n) is 14.9. The van der Waals surface area contributed by atoms with Gasteiger partial charge < -0.3 is 11.5 Å². The van der Waals surface area contributed by atoms with Crippen LogP contribution in [-0.4, -0.2) is 12.4 Å². The van der Waals surface area contributed by atoms with Gasteiger partial charge in [0.2, 0.25) is 0 Å². The van der Waals surface area contributed by atoms with Crippen molar-refractivity contribution in [2.24, 2.45) is 9.98 Å². The second-order valence-electron chi connectivity index (χ2n) is 6.09. The molecule has 0 unspecified atom stereocenters. The summed E-state index contributed by atoms with van der Waals surface area (Å²) in [4.78, 5) is 11.1. The predicted octanol–water partition coefficient (Wildman–Crippen LogP) is 6.14. The fourth-order valence-electron chi connectivity index (χ4n) is 2.70. The van der Waals surface area contributed by atoms with Crippen molar-refractivity contribution in [3.8, 4) is 11.1 Å². The molecule has 4 N–H and O–H groups in total. The van der Waals surface area contributed by atoms with Crippen molar-refractivity contribution in [2.75, 3.05) is 11.5 Å². The number of nitrogen functional groups attached to an aromatic ring is 2. The van der Waals surface area contributed by atoms with Crippen LogP contribution in [0.25, 0.3) is 11.1 Å². The molecule has 0 aliphatic heterocycles. The lowest BCUT2D eigenvalue weighted by Crippen LogP contribution is -1.90. The fraction of sp³-hybridized carbons (Fsp3) is 0. The molecule has 4 rings (SSSR count). The van der Waals surface area contributed by atoms with E-state index < -0.39 is 0 Å². The summed E-state index contributed by atoms with van der Waals surface area (Å²) in [7, 11) is 0. The zero-order valence-corrected chi connectivity index (χ0v) is 16.6. The van der Waals surface area contributed by atoms with Gasteiger partial charge in [-0.1, -0.05) is 24.3 Å². The summed E-state index contributed by atoms with van der Waals surface area (Å²) in [5, 5.41) is 4.04. The van der Waals surface area contributed by atoms with E-state index in [2.05, 4.69) is 9.98 Å². The van der Waals surface area contributed by atoms with Gasteiger partial charge in [-0.15, -0.1) is 22.7 Å². The van der Waals surface area contributed by atoms with Gasteiger partial charge in [0.15, 0.2) is 0 Å². The van der Waals surface area contributed by atoms with Gasteiger partial charge in [-0.3, -0.25) is 9.98 Å². The third-order valence-electron chi connectivity index (χ3n) is 4.14. The number of nitrogens with two attached hydrogens (primary N) is 2. The van der Waals surface area contributed by atoms with Crippen LogP contribution >= 0.6 is 22.7 Å². The number of anilines is 2. The van der Waals surface area contributed by atoms with Crippen molar-refractivity contribution >= 4 is 57.9 Å². The van der Waals surface area contributed by atoms with E-state index >= 15 is 0 Å². The molecule has 0 saturated carbocycles. The van der Waals surface area contributed by atoms with Crippen LogP contribution in [0, 0.1) is 0 Å². The van der Waals surface area contributed by atoms with Gasteiger partial charge in [0.1, 0.15) is 0 Å². The quantitative estimate of drug-likeness (QED) is 0.310. The van der Waals surface area contributed by atoms with E-state index in [1.165, 1.54) is 0 Å². The number of nitrogens with zero attached hydrogens (tertiary/aromatic N) is 2. The van der Waals surface area contributed by atoms with Crippen molar-refractivity contribution in [2.45, 2.75) is 0 Å². The van der Waals surface area contributed by atoms with Crippen LogP contribution in [0.1, 0.15) is 9.75 Å².